The molecule has 1 heterocycles. The summed E-state index contributed by atoms with van der Waals surface area (Å²) in [6.45, 7) is 4.06. The zero-order valence-electron chi connectivity index (χ0n) is 14.4. The fourth-order valence-electron chi connectivity index (χ4n) is 2.26. The van der Waals surface area contributed by atoms with Crippen LogP contribution in [0.3, 0.4) is 0 Å². The number of nitrogens with zero attached hydrogens (tertiary/aromatic N) is 4. The molecule has 3 rings (SSSR count). The van der Waals surface area contributed by atoms with Crippen molar-refractivity contribution in [3.8, 4) is 0 Å². The lowest BCUT2D eigenvalue weighted by molar-refractivity contribution is 0.624. The molecule has 3 aromatic rings. The molecule has 0 saturated carbocycles. The summed E-state index contributed by atoms with van der Waals surface area (Å²) < 4.78 is 16.6. The van der Waals surface area contributed by atoms with Crippen LogP contribution in [-0.2, 0) is 5.75 Å². The summed E-state index contributed by atoms with van der Waals surface area (Å²) in [4.78, 5) is 0. The largest absolute Gasteiger partial charge is 0.212 e. The summed E-state index contributed by atoms with van der Waals surface area (Å²) in [7, 11) is 0. The van der Waals surface area contributed by atoms with Gasteiger partial charge in [0.25, 0.3) is 0 Å². The van der Waals surface area contributed by atoms with E-state index in [-0.39, 0.29) is 11.7 Å². The first-order chi connectivity index (χ1) is 12.5. The standard InChI is InChI=1S/C19H18BrFN4S/c1-13(2)18-23-24-19(26-12-14-7-9-16(20)10-8-14)25(18)22-11-15-5-3-4-6-17(15)21/h3-11,13H,12H2,1-2H3/b22-11+. The maximum absolute atomic E-state index is 13.8. The van der Waals surface area contributed by atoms with Gasteiger partial charge in [0.15, 0.2) is 5.82 Å². The fraction of sp³-hybridized carbons (Fsp3) is 0.211. The van der Waals surface area contributed by atoms with Crippen LogP contribution in [0.2, 0.25) is 0 Å². The summed E-state index contributed by atoms with van der Waals surface area (Å²) in [6, 6.07) is 14.7. The lowest BCUT2D eigenvalue weighted by Crippen LogP contribution is -2.02. The molecular formula is C19H18BrFN4S. The van der Waals surface area contributed by atoms with E-state index in [4.69, 9.17) is 0 Å². The quantitative estimate of drug-likeness (QED) is 0.382. The first kappa shape index (κ1) is 18.8. The second-order valence-corrected chi connectivity index (χ2v) is 7.85. The Kier molecular flexibility index (Phi) is 6.21. The van der Waals surface area contributed by atoms with Crippen molar-refractivity contribution in [1.82, 2.24) is 14.9 Å². The third-order valence-electron chi connectivity index (χ3n) is 3.65. The highest BCUT2D eigenvalue weighted by molar-refractivity contribution is 9.10. The van der Waals surface area contributed by atoms with E-state index in [9.17, 15) is 4.39 Å². The van der Waals surface area contributed by atoms with Gasteiger partial charge in [-0.05, 0) is 23.8 Å². The molecule has 0 fully saturated rings. The first-order valence-electron chi connectivity index (χ1n) is 8.16. The van der Waals surface area contributed by atoms with Crippen LogP contribution in [0.5, 0.6) is 0 Å². The second-order valence-electron chi connectivity index (χ2n) is 5.99. The molecule has 0 aliphatic carbocycles. The van der Waals surface area contributed by atoms with Crippen LogP contribution in [0, 0.1) is 5.82 Å². The van der Waals surface area contributed by atoms with Gasteiger partial charge in [0, 0.05) is 21.7 Å². The molecule has 0 aliphatic heterocycles. The van der Waals surface area contributed by atoms with E-state index in [2.05, 4.69) is 43.4 Å². The Morgan fingerprint density at radius 3 is 2.58 bits per heavy atom. The highest BCUT2D eigenvalue weighted by Crippen LogP contribution is 2.25. The van der Waals surface area contributed by atoms with Crippen molar-refractivity contribution in [3.63, 3.8) is 0 Å². The minimum atomic E-state index is -0.306. The van der Waals surface area contributed by atoms with Crippen molar-refractivity contribution >= 4 is 33.9 Å². The summed E-state index contributed by atoms with van der Waals surface area (Å²) in [6.07, 6.45) is 1.51. The van der Waals surface area contributed by atoms with E-state index in [0.29, 0.717) is 10.7 Å². The zero-order valence-corrected chi connectivity index (χ0v) is 16.8. The van der Waals surface area contributed by atoms with Gasteiger partial charge in [-0.2, -0.15) is 9.78 Å². The SMILES string of the molecule is CC(C)c1nnc(SCc2ccc(Br)cc2)n1/N=C/c1ccccc1F. The summed E-state index contributed by atoms with van der Waals surface area (Å²) in [5, 5.41) is 13.6. The summed E-state index contributed by atoms with van der Waals surface area (Å²) >= 11 is 4.99. The molecule has 134 valence electrons. The van der Waals surface area contributed by atoms with Gasteiger partial charge in [-0.3, -0.25) is 0 Å². The highest BCUT2D eigenvalue weighted by Gasteiger charge is 2.15. The molecule has 4 nitrogen and oxygen atoms in total. The Morgan fingerprint density at radius 2 is 1.88 bits per heavy atom. The predicted octanol–water partition coefficient (Wildman–Crippen LogP) is 5.48. The molecule has 26 heavy (non-hydrogen) atoms. The van der Waals surface area contributed by atoms with Crippen molar-refractivity contribution in [2.75, 3.05) is 0 Å². The van der Waals surface area contributed by atoms with Crippen molar-refractivity contribution in [2.24, 2.45) is 5.10 Å². The van der Waals surface area contributed by atoms with E-state index in [0.717, 1.165) is 16.0 Å². The van der Waals surface area contributed by atoms with Crippen molar-refractivity contribution in [3.05, 3.63) is 75.8 Å². The number of benzene rings is 2. The maximum Gasteiger partial charge on any atom is 0.212 e. The van der Waals surface area contributed by atoms with Crippen LogP contribution >= 0.6 is 27.7 Å². The van der Waals surface area contributed by atoms with Crippen LogP contribution < -0.4 is 0 Å². The number of hydrogen-bond donors (Lipinski definition) is 0. The molecule has 0 N–H and O–H groups in total. The molecule has 0 amide bonds. The van der Waals surface area contributed by atoms with Crippen molar-refractivity contribution < 1.29 is 4.39 Å². The summed E-state index contributed by atoms with van der Waals surface area (Å²) in [5.41, 5.74) is 1.61. The smallest absolute Gasteiger partial charge is 0.206 e. The van der Waals surface area contributed by atoms with E-state index >= 15 is 0 Å². The number of aromatic nitrogens is 3. The molecule has 2 aromatic carbocycles. The highest BCUT2D eigenvalue weighted by atomic mass is 79.9. The molecule has 1 aromatic heterocycles. The third-order valence-corrected chi connectivity index (χ3v) is 5.17. The van der Waals surface area contributed by atoms with Gasteiger partial charge in [-0.1, -0.05) is 71.9 Å². The molecule has 0 spiro atoms. The minimum Gasteiger partial charge on any atom is -0.206 e. The van der Waals surface area contributed by atoms with Crippen molar-refractivity contribution in [1.29, 1.82) is 0 Å². The van der Waals surface area contributed by atoms with Crippen LogP contribution in [0.1, 0.15) is 36.7 Å². The normalized spacial score (nSPS) is 11.6. The van der Waals surface area contributed by atoms with Gasteiger partial charge >= 0.3 is 0 Å². The first-order valence-corrected chi connectivity index (χ1v) is 9.94. The molecule has 0 radical (unpaired) electrons. The average molecular weight is 433 g/mol. The number of thioether (sulfide) groups is 1. The minimum absolute atomic E-state index is 0.155. The van der Waals surface area contributed by atoms with Gasteiger partial charge in [-0.25, -0.2) is 4.39 Å². The lowest BCUT2D eigenvalue weighted by Gasteiger charge is -2.07. The van der Waals surface area contributed by atoms with Gasteiger partial charge in [0.1, 0.15) is 5.82 Å². The molecule has 7 heteroatoms. The van der Waals surface area contributed by atoms with Crippen LogP contribution in [-0.4, -0.2) is 21.1 Å². The van der Waals surface area contributed by atoms with Gasteiger partial charge in [-0.15, -0.1) is 10.2 Å². The molecule has 0 aliphatic rings. The third kappa shape index (κ3) is 4.59. The second kappa shape index (κ2) is 8.60. The maximum atomic E-state index is 13.8. The van der Waals surface area contributed by atoms with E-state index in [1.54, 1.807) is 34.6 Å². The van der Waals surface area contributed by atoms with Crippen LogP contribution in [0.4, 0.5) is 4.39 Å². The molecule has 0 saturated heterocycles. The molecule has 0 unspecified atom stereocenters. The number of rotatable bonds is 6. The zero-order chi connectivity index (χ0) is 18.5. The number of halogens is 2. The molecular weight excluding hydrogens is 415 g/mol. The molecule has 0 bridgehead atoms. The number of hydrogen-bond acceptors (Lipinski definition) is 4. The Morgan fingerprint density at radius 1 is 1.15 bits per heavy atom. The Hall–Kier alpha value is -1.99. The van der Waals surface area contributed by atoms with Gasteiger partial charge in [0.2, 0.25) is 5.16 Å². The molecule has 0 atom stereocenters. The Balaban J connectivity index is 1.84. The average Bonchev–Trinajstić information content (AvgIpc) is 3.04. The van der Waals surface area contributed by atoms with Gasteiger partial charge in [0.05, 0.1) is 6.21 Å². The lowest BCUT2D eigenvalue weighted by atomic mass is 10.2. The Bertz CT molecular complexity index is 906. The predicted molar refractivity (Wildman–Crippen MR) is 107 cm³/mol. The van der Waals surface area contributed by atoms with Crippen LogP contribution in [0.15, 0.2) is 63.3 Å². The van der Waals surface area contributed by atoms with Crippen molar-refractivity contribution in [2.45, 2.75) is 30.7 Å². The fourth-order valence-corrected chi connectivity index (χ4v) is 3.38. The van der Waals surface area contributed by atoms with E-state index in [1.807, 2.05) is 26.0 Å². The topological polar surface area (TPSA) is 43.1 Å². The van der Waals surface area contributed by atoms with Crippen LogP contribution in [0.25, 0.3) is 0 Å². The van der Waals surface area contributed by atoms with Gasteiger partial charge < -0.3 is 0 Å². The Labute approximate surface area is 164 Å². The monoisotopic (exact) mass is 432 g/mol. The van der Waals surface area contributed by atoms with E-state index < -0.39 is 0 Å². The van der Waals surface area contributed by atoms with E-state index in [1.165, 1.54) is 17.8 Å². The summed E-state index contributed by atoms with van der Waals surface area (Å²) in [5.74, 6) is 1.34.